The number of aromatic nitrogens is 2. The molecule has 0 saturated heterocycles. The SMILES string of the molecule is O=Cc1cnc(Oc2cccc(F)c2)nc1. The van der Waals surface area contributed by atoms with E-state index in [2.05, 4.69) is 9.97 Å². The molecule has 0 amide bonds. The summed E-state index contributed by atoms with van der Waals surface area (Å²) in [4.78, 5) is 17.9. The fraction of sp³-hybridized carbons (Fsp3) is 0. The first kappa shape index (κ1) is 10.2. The second-order valence-corrected chi connectivity index (χ2v) is 2.98. The monoisotopic (exact) mass is 218 g/mol. The molecule has 1 aromatic carbocycles. The van der Waals surface area contributed by atoms with Crippen LogP contribution in [0, 0.1) is 5.82 Å². The molecule has 1 aromatic heterocycles. The standard InChI is InChI=1S/C11H7FN2O2/c12-9-2-1-3-10(4-9)16-11-13-5-8(7-15)6-14-11/h1-7H. The Labute approximate surface area is 90.7 Å². The second-order valence-electron chi connectivity index (χ2n) is 2.98. The summed E-state index contributed by atoms with van der Waals surface area (Å²) in [5, 5.41) is 0. The van der Waals surface area contributed by atoms with Crippen molar-refractivity contribution in [1.29, 1.82) is 0 Å². The minimum absolute atomic E-state index is 0.0659. The van der Waals surface area contributed by atoms with E-state index in [1.165, 1.54) is 30.6 Å². The predicted molar refractivity (Wildman–Crippen MR) is 53.9 cm³/mol. The molecular weight excluding hydrogens is 211 g/mol. The van der Waals surface area contributed by atoms with Crippen LogP contribution >= 0.6 is 0 Å². The van der Waals surface area contributed by atoms with E-state index in [4.69, 9.17) is 4.74 Å². The van der Waals surface area contributed by atoms with Crippen LogP contribution in [0.3, 0.4) is 0 Å². The van der Waals surface area contributed by atoms with E-state index in [1.807, 2.05) is 0 Å². The van der Waals surface area contributed by atoms with Crippen molar-refractivity contribution in [1.82, 2.24) is 9.97 Å². The lowest BCUT2D eigenvalue weighted by Crippen LogP contribution is -1.93. The molecule has 0 aliphatic rings. The van der Waals surface area contributed by atoms with Crippen molar-refractivity contribution in [3.63, 3.8) is 0 Å². The highest BCUT2D eigenvalue weighted by Gasteiger charge is 2.01. The van der Waals surface area contributed by atoms with Crippen LogP contribution in [-0.4, -0.2) is 16.3 Å². The van der Waals surface area contributed by atoms with E-state index in [1.54, 1.807) is 6.07 Å². The number of hydrogen-bond donors (Lipinski definition) is 0. The molecule has 2 aromatic rings. The summed E-state index contributed by atoms with van der Waals surface area (Å²) in [6.45, 7) is 0. The van der Waals surface area contributed by atoms with Gasteiger partial charge in [0.2, 0.25) is 0 Å². The summed E-state index contributed by atoms with van der Waals surface area (Å²) in [7, 11) is 0. The third-order valence-electron chi connectivity index (χ3n) is 1.79. The number of hydrogen-bond acceptors (Lipinski definition) is 4. The minimum Gasteiger partial charge on any atom is -0.424 e. The van der Waals surface area contributed by atoms with Gasteiger partial charge in [0.15, 0.2) is 6.29 Å². The second kappa shape index (κ2) is 4.48. The van der Waals surface area contributed by atoms with Crippen LogP contribution in [0.1, 0.15) is 10.4 Å². The molecule has 1 heterocycles. The van der Waals surface area contributed by atoms with Crippen molar-refractivity contribution in [2.24, 2.45) is 0 Å². The smallest absolute Gasteiger partial charge is 0.321 e. The molecule has 0 radical (unpaired) electrons. The highest BCUT2D eigenvalue weighted by molar-refractivity contribution is 5.73. The zero-order chi connectivity index (χ0) is 11.4. The molecule has 0 bridgehead atoms. The maximum absolute atomic E-state index is 12.8. The maximum Gasteiger partial charge on any atom is 0.321 e. The first-order valence-electron chi connectivity index (χ1n) is 4.48. The Bertz CT molecular complexity index is 500. The lowest BCUT2D eigenvalue weighted by molar-refractivity contribution is 0.112. The van der Waals surface area contributed by atoms with Gasteiger partial charge in [0.05, 0.1) is 5.56 Å². The first-order chi connectivity index (χ1) is 7.78. The van der Waals surface area contributed by atoms with Gasteiger partial charge in [0.1, 0.15) is 11.6 Å². The molecule has 0 atom stereocenters. The molecule has 0 aliphatic heterocycles. The highest BCUT2D eigenvalue weighted by atomic mass is 19.1. The molecule has 0 fully saturated rings. The summed E-state index contributed by atoms with van der Waals surface area (Å²) in [6, 6.07) is 5.70. The molecule has 80 valence electrons. The van der Waals surface area contributed by atoms with Crippen LogP contribution in [0.15, 0.2) is 36.7 Å². The number of rotatable bonds is 3. The molecule has 2 rings (SSSR count). The Morgan fingerprint density at radius 3 is 2.62 bits per heavy atom. The molecule has 5 heteroatoms. The molecular formula is C11H7FN2O2. The Morgan fingerprint density at radius 1 is 1.25 bits per heavy atom. The molecule has 0 saturated carbocycles. The summed E-state index contributed by atoms with van der Waals surface area (Å²) in [5.74, 6) is -0.0964. The quantitative estimate of drug-likeness (QED) is 0.741. The number of halogens is 1. The zero-order valence-electron chi connectivity index (χ0n) is 8.13. The highest BCUT2D eigenvalue weighted by Crippen LogP contribution is 2.17. The van der Waals surface area contributed by atoms with Crippen molar-refractivity contribution in [2.45, 2.75) is 0 Å². The van der Waals surface area contributed by atoms with Gasteiger partial charge in [-0.05, 0) is 12.1 Å². The van der Waals surface area contributed by atoms with E-state index >= 15 is 0 Å². The summed E-state index contributed by atoms with van der Waals surface area (Å²) >= 11 is 0. The van der Waals surface area contributed by atoms with Crippen molar-refractivity contribution in [3.8, 4) is 11.8 Å². The van der Waals surface area contributed by atoms with E-state index < -0.39 is 5.82 Å². The van der Waals surface area contributed by atoms with Gasteiger partial charge in [0.25, 0.3) is 0 Å². The van der Waals surface area contributed by atoms with Crippen LogP contribution in [0.2, 0.25) is 0 Å². The molecule has 0 aliphatic carbocycles. The van der Waals surface area contributed by atoms with Gasteiger partial charge in [-0.3, -0.25) is 4.79 Å². The van der Waals surface area contributed by atoms with Crippen molar-refractivity contribution < 1.29 is 13.9 Å². The maximum atomic E-state index is 12.8. The fourth-order valence-electron chi connectivity index (χ4n) is 1.08. The average Bonchev–Trinajstić information content (AvgIpc) is 2.30. The lowest BCUT2D eigenvalue weighted by atomic mass is 10.3. The largest absolute Gasteiger partial charge is 0.424 e. The number of ether oxygens (including phenoxy) is 1. The van der Waals surface area contributed by atoms with Crippen LogP contribution in [-0.2, 0) is 0 Å². The number of carbonyl (C=O) groups excluding carboxylic acids is 1. The van der Waals surface area contributed by atoms with Crippen molar-refractivity contribution in [2.75, 3.05) is 0 Å². The Kier molecular flexibility index (Phi) is 2.86. The van der Waals surface area contributed by atoms with Gasteiger partial charge in [-0.1, -0.05) is 6.07 Å². The zero-order valence-corrected chi connectivity index (χ0v) is 8.13. The van der Waals surface area contributed by atoms with Crippen molar-refractivity contribution >= 4 is 6.29 Å². The third kappa shape index (κ3) is 2.38. The molecule has 0 spiro atoms. The van der Waals surface area contributed by atoms with Crippen LogP contribution in [0.4, 0.5) is 4.39 Å². The Hall–Kier alpha value is -2.30. The Morgan fingerprint density at radius 2 is 2.00 bits per heavy atom. The topological polar surface area (TPSA) is 52.1 Å². The van der Waals surface area contributed by atoms with Gasteiger partial charge in [-0.25, -0.2) is 14.4 Å². The van der Waals surface area contributed by atoms with Crippen LogP contribution < -0.4 is 4.74 Å². The summed E-state index contributed by atoms with van der Waals surface area (Å²) in [5.41, 5.74) is 0.353. The number of nitrogens with zero attached hydrogens (tertiary/aromatic N) is 2. The first-order valence-corrected chi connectivity index (χ1v) is 4.48. The van der Waals surface area contributed by atoms with Crippen LogP contribution in [0.5, 0.6) is 11.8 Å². The average molecular weight is 218 g/mol. The Balaban J connectivity index is 2.17. The van der Waals surface area contributed by atoms with E-state index in [0.717, 1.165) is 0 Å². The summed E-state index contributed by atoms with van der Waals surface area (Å²) < 4.78 is 18.0. The molecule has 0 N–H and O–H groups in total. The van der Waals surface area contributed by atoms with Gasteiger partial charge < -0.3 is 4.74 Å². The molecule has 4 nitrogen and oxygen atoms in total. The molecule has 16 heavy (non-hydrogen) atoms. The van der Waals surface area contributed by atoms with Gasteiger partial charge in [-0.2, -0.15) is 0 Å². The third-order valence-corrected chi connectivity index (χ3v) is 1.79. The predicted octanol–water partition coefficient (Wildman–Crippen LogP) is 2.22. The van der Waals surface area contributed by atoms with Crippen LogP contribution in [0.25, 0.3) is 0 Å². The summed E-state index contributed by atoms with van der Waals surface area (Å²) in [6.07, 6.45) is 3.29. The van der Waals surface area contributed by atoms with E-state index in [9.17, 15) is 9.18 Å². The normalized spacial score (nSPS) is 9.81. The fourth-order valence-corrected chi connectivity index (χ4v) is 1.08. The van der Waals surface area contributed by atoms with Gasteiger partial charge in [0, 0.05) is 18.5 Å². The van der Waals surface area contributed by atoms with Gasteiger partial charge in [-0.15, -0.1) is 0 Å². The van der Waals surface area contributed by atoms with E-state index in [0.29, 0.717) is 17.6 Å². The lowest BCUT2D eigenvalue weighted by Gasteiger charge is -2.02. The molecule has 0 unspecified atom stereocenters. The number of carbonyl (C=O) groups is 1. The number of benzene rings is 1. The number of aldehydes is 1. The minimum atomic E-state index is -0.401. The van der Waals surface area contributed by atoms with E-state index in [-0.39, 0.29) is 6.01 Å². The van der Waals surface area contributed by atoms with Crippen molar-refractivity contribution in [3.05, 3.63) is 48.0 Å². The van der Waals surface area contributed by atoms with Gasteiger partial charge >= 0.3 is 6.01 Å².